The number of nitrogens with one attached hydrogen (secondary N) is 1. The Hall–Kier alpha value is -1.21. The summed E-state index contributed by atoms with van der Waals surface area (Å²) in [5, 5.41) is 12.0. The Morgan fingerprint density at radius 2 is 1.83 bits per heavy atom. The molecule has 2 aromatic carbocycles. The Balaban J connectivity index is 2.34. The van der Waals surface area contributed by atoms with Crippen LogP contribution in [0.2, 0.25) is 0 Å². The third-order valence-corrected chi connectivity index (χ3v) is 3.34. The number of anilines is 1. The summed E-state index contributed by atoms with van der Waals surface area (Å²) in [5.41, 5.74) is 0.473. The second-order valence-corrected chi connectivity index (χ2v) is 5.39. The molecule has 1 unspecified atom stereocenters. The largest absolute Gasteiger partial charge is 0.392 e. The van der Waals surface area contributed by atoms with Crippen LogP contribution >= 0.6 is 22.6 Å². The Bertz CT molecular complexity index is 624. The highest BCUT2D eigenvalue weighted by Crippen LogP contribution is 2.24. The van der Waals surface area contributed by atoms with Gasteiger partial charge < -0.3 is 10.4 Å². The molecule has 0 aromatic heterocycles. The van der Waals surface area contributed by atoms with E-state index in [9.17, 15) is 14.7 Å². The van der Waals surface area contributed by atoms with Crippen molar-refractivity contribution in [1.29, 1.82) is 0 Å². The summed E-state index contributed by atoms with van der Waals surface area (Å²) in [4.78, 5) is 23.1. The summed E-state index contributed by atoms with van der Waals surface area (Å²) in [6.07, 6.45) is -0.570. The predicted molar refractivity (Wildman–Crippen MR) is 79.7 cm³/mol. The molecule has 0 radical (unpaired) electrons. The molecule has 5 heteroatoms. The first-order valence-corrected chi connectivity index (χ1v) is 6.59. The Kier molecular flexibility index (Phi) is 3.82. The highest BCUT2D eigenvalue weighted by atomic mass is 127. The van der Waals surface area contributed by atoms with Gasteiger partial charge in [0.2, 0.25) is 10.9 Å². The average molecular weight is 357 g/mol. The number of rotatable bonds is 4. The summed E-state index contributed by atoms with van der Waals surface area (Å²) >= 11 is 2.17. The van der Waals surface area contributed by atoms with Crippen LogP contribution in [0.5, 0.6) is 0 Å². The minimum atomic E-state index is -0.570. The van der Waals surface area contributed by atoms with Gasteiger partial charge in [0.1, 0.15) is 0 Å². The van der Waals surface area contributed by atoms with E-state index in [2.05, 4.69) is 27.9 Å². The lowest BCUT2D eigenvalue weighted by Gasteiger charge is -2.14. The fraction of sp³-hybridized carbons (Fsp3) is 0.231. The topological polar surface area (TPSA) is 66.4 Å². The van der Waals surface area contributed by atoms with E-state index in [1.54, 1.807) is 6.92 Å². The summed E-state index contributed by atoms with van der Waals surface area (Å²) in [5.74, 6) is 0. The normalized spacial score (nSPS) is 12.6. The van der Waals surface area contributed by atoms with Crippen molar-refractivity contribution in [1.82, 2.24) is 0 Å². The molecule has 0 amide bonds. The van der Waals surface area contributed by atoms with Crippen molar-refractivity contribution in [2.24, 2.45) is 0 Å². The molecule has 0 saturated carbocycles. The zero-order valence-electron chi connectivity index (χ0n) is 9.74. The van der Waals surface area contributed by atoms with Crippen LogP contribution in [0.3, 0.4) is 0 Å². The van der Waals surface area contributed by atoms with E-state index < -0.39 is 17.0 Å². The van der Waals surface area contributed by atoms with Crippen molar-refractivity contribution in [2.75, 3.05) is 11.9 Å². The van der Waals surface area contributed by atoms with Gasteiger partial charge in [0.25, 0.3) is 0 Å². The summed E-state index contributed by atoms with van der Waals surface area (Å²) in [6.45, 7) is 1.87. The third-order valence-electron chi connectivity index (χ3n) is 2.62. The van der Waals surface area contributed by atoms with Crippen LogP contribution in [0.4, 0.5) is 5.69 Å². The molecule has 0 saturated heterocycles. The van der Waals surface area contributed by atoms with Gasteiger partial charge in [0, 0.05) is 10.1 Å². The minimum Gasteiger partial charge on any atom is -0.392 e. The number of benzene rings is 1. The molecule has 94 valence electrons. The second-order valence-electron chi connectivity index (χ2n) is 4.15. The fourth-order valence-electron chi connectivity index (χ4n) is 1.70. The van der Waals surface area contributed by atoms with Crippen molar-refractivity contribution in [3.05, 3.63) is 48.3 Å². The summed E-state index contributed by atoms with van der Waals surface area (Å²) in [7, 11) is 0. The molecule has 0 aliphatic carbocycles. The first-order chi connectivity index (χ1) is 8.50. The number of aliphatic hydroxyl groups is 1. The van der Waals surface area contributed by atoms with E-state index in [0.717, 1.165) is 9.13 Å². The quantitative estimate of drug-likeness (QED) is 0.641. The van der Waals surface area contributed by atoms with Crippen LogP contribution in [0.25, 0.3) is 11.1 Å². The predicted octanol–water partition coefficient (Wildman–Crippen LogP) is 1.35. The van der Waals surface area contributed by atoms with Gasteiger partial charge >= 0.3 is 0 Å². The molecule has 0 bridgehead atoms. The van der Waals surface area contributed by atoms with E-state index >= 15 is 0 Å². The Labute approximate surface area is 117 Å². The summed E-state index contributed by atoms with van der Waals surface area (Å²) in [6, 6.07) is 7.38. The molecule has 0 fully saturated rings. The summed E-state index contributed by atoms with van der Waals surface area (Å²) < 4.78 is 1.06. The van der Waals surface area contributed by atoms with E-state index in [-0.39, 0.29) is 6.54 Å². The molecule has 0 aliphatic heterocycles. The Morgan fingerprint density at radius 3 is 2.39 bits per heavy atom. The maximum atomic E-state index is 11.6. The molecular weight excluding hydrogens is 345 g/mol. The molecule has 0 spiro atoms. The van der Waals surface area contributed by atoms with Crippen LogP contribution in [-0.4, -0.2) is 17.8 Å². The van der Waals surface area contributed by atoms with E-state index in [4.69, 9.17) is 0 Å². The smallest absolute Gasteiger partial charge is 0.250 e. The molecule has 0 heterocycles. The average Bonchev–Trinajstić information content (AvgIpc) is 2.34. The van der Waals surface area contributed by atoms with Crippen LogP contribution in [0.15, 0.2) is 33.9 Å². The zero-order chi connectivity index (χ0) is 13.3. The molecule has 0 aliphatic rings. The maximum absolute atomic E-state index is 11.6. The fourth-order valence-corrected chi connectivity index (χ4v) is 2.06. The maximum Gasteiger partial charge on any atom is 0.250 e. The molecule has 2 rings (SSSR count). The van der Waals surface area contributed by atoms with Gasteiger partial charge in [0.15, 0.2) is 0 Å². The Morgan fingerprint density at radius 1 is 1.22 bits per heavy atom. The van der Waals surface area contributed by atoms with Gasteiger partial charge in [-0.3, -0.25) is 9.59 Å². The molecule has 18 heavy (non-hydrogen) atoms. The van der Waals surface area contributed by atoms with Gasteiger partial charge in [0.05, 0.1) is 17.4 Å². The molecule has 2 aromatic rings. The van der Waals surface area contributed by atoms with Gasteiger partial charge in [-0.05, 0) is 47.2 Å². The minimum absolute atomic E-state index is 0.252. The SMILES string of the molecule is CC(O)CNc1c(-c2ccc(I)cc2)c(=O)c1=O. The zero-order valence-corrected chi connectivity index (χ0v) is 11.9. The van der Waals surface area contributed by atoms with Crippen molar-refractivity contribution >= 4 is 28.3 Å². The van der Waals surface area contributed by atoms with Crippen molar-refractivity contribution in [3.8, 4) is 11.1 Å². The van der Waals surface area contributed by atoms with Crippen LogP contribution in [-0.2, 0) is 0 Å². The lowest BCUT2D eigenvalue weighted by atomic mass is 9.98. The lowest BCUT2D eigenvalue weighted by molar-refractivity contribution is 0.208. The monoisotopic (exact) mass is 357 g/mol. The van der Waals surface area contributed by atoms with E-state index in [1.165, 1.54) is 0 Å². The van der Waals surface area contributed by atoms with Crippen LogP contribution < -0.4 is 16.2 Å². The van der Waals surface area contributed by atoms with Crippen molar-refractivity contribution in [2.45, 2.75) is 13.0 Å². The second kappa shape index (κ2) is 5.19. The van der Waals surface area contributed by atoms with Crippen LogP contribution in [0, 0.1) is 3.57 Å². The van der Waals surface area contributed by atoms with Crippen LogP contribution in [0.1, 0.15) is 6.92 Å². The third kappa shape index (κ3) is 2.46. The number of hydrogen-bond acceptors (Lipinski definition) is 4. The number of hydrogen-bond donors (Lipinski definition) is 2. The van der Waals surface area contributed by atoms with Crippen molar-refractivity contribution < 1.29 is 5.11 Å². The number of halogens is 1. The standard InChI is InChI=1S/C13H12INO3/c1-7(16)6-15-11-10(12(17)13(11)18)8-2-4-9(14)5-3-8/h2-5,7,15-16H,6H2,1H3. The van der Waals surface area contributed by atoms with Gasteiger partial charge in [-0.2, -0.15) is 0 Å². The van der Waals surface area contributed by atoms with E-state index in [1.807, 2.05) is 24.3 Å². The molecule has 2 N–H and O–H groups in total. The van der Waals surface area contributed by atoms with E-state index in [0.29, 0.717) is 11.3 Å². The lowest BCUT2D eigenvalue weighted by Crippen LogP contribution is -2.37. The van der Waals surface area contributed by atoms with Crippen molar-refractivity contribution in [3.63, 3.8) is 0 Å². The first-order valence-electron chi connectivity index (χ1n) is 5.52. The number of aliphatic hydroxyl groups excluding tert-OH is 1. The highest BCUT2D eigenvalue weighted by molar-refractivity contribution is 14.1. The van der Waals surface area contributed by atoms with Gasteiger partial charge in [-0.15, -0.1) is 0 Å². The first kappa shape index (κ1) is 13.2. The molecular formula is C13H12INO3. The van der Waals surface area contributed by atoms with Gasteiger partial charge in [-0.1, -0.05) is 12.1 Å². The molecule has 4 nitrogen and oxygen atoms in total. The highest BCUT2D eigenvalue weighted by Gasteiger charge is 2.21. The van der Waals surface area contributed by atoms with Gasteiger partial charge in [-0.25, -0.2) is 0 Å². The molecule has 1 atom stereocenters.